The van der Waals surface area contributed by atoms with Gasteiger partial charge in [-0.3, -0.25) is 14.5 Å². The summed E-state index contributed by atoms with van der Waals surface area (Å²) in [5.41, 5.74) is 5.71. The Morgan fingerprint density at radius 2 is 2.11 bits per heavy atom. The SMILES string of the molecule is C=C(CN)CN1C(=O)C(=O)c2c(Cl)ccc(F)c21. The molecule has 0 saturated carbocycles. The van der Waals surface area contributed by atoms with Gasteiger partial charge in [-0.2, -0.15) is 0 Å². The van der Waals surface area contributed by atoms with Crippen LogP contribution < -0.4 is 10.6 Å². The van der Waals surface area contributed by atoms with Crippen LogP contribution in [0.4, 0.5) is 10.1 Å². The minimum absolute atomic E-state index is 0.00529. The Labute approximate surface area is 108 Å². The average Bonchev–Trinajstić information content (AvgIpc) is 2.60. The van der Waals surface area contributed by atoms with Gasteiger partial charge in [0.15, 0.2) is 0 Å². The Morgan fingerprint density at radius 3 is 2.72 bits per heavy atom. The molecule has 1 aliphatic rings. The highest BCUT2D eigenvalue weighted by Crippen LogP contribution is 2.36. The number of ketones is 1. The largest absolute Gasteiger partial charge is 0.327 e. The number of benzene rings is 1. The van der Waals surface area contributed by atoms with Crippen molar-refractivity contribution in [3.05, 3.63) is 40.7 Å². The van der Waals surface area contributed by atoms with E-state index in [9.17, 15) is 14.0 Å². The van der Waals surface area contributed by atoms with Crippen molar-refractivity contribution in [1.82, 2.24) is 0 Å². The van der Waals surface area contributed by atoms with E-state index in [0.29, 0.717) is 5.57 Å². The molecule has 1 aromatic carbocycles. The fourth-order valence-electron chi connectivity index (χ4n) is 1.79. The highest BCUT2D eigenvalue weighted by atomic mass is 35.5. The number of hydrogen-bond acceptors (Lipinski definition) is 3. The number of anilines is 1. The predicted octanol–water partition coefficient (Wildman–Crippen LogP) is 1.52. The maximum Gasteiger partial charge on any atom is 0.299 e. The Morgan fingerprint density at radius 1 is 1.44 bits per heavy atom. The van der Waals surface area contributed by atoms with Crippen molar-refractivity contribution >= 4 is 29.0 Å². The van der Waals surface area contributed by atoms with Crippen LogP contribution >= 0.6 is 11.6 Å². The van der Waals surface area contributed by atoms with Crippen molar-refractivity contribution in [1.29, 1.82) is 0 Å². The Kier molecular flexibility index (Phi) is 3.19. The van der Waals surface area contributed by atoms with Crippen LogP contribution in [-0.4, -0.2) is 24.8 Å². The van der Waals surface area contributed by atoms with Gasteiger partial charge in [0.2, 0.25) is 0 Å². The van der Waals surface area contributed by atoms with Gasteiger partial charge in [0.05, 0.1) is 16.3 Å². The number of amides is 1. The highest BCUT2D eigenvalue weighted by molar-refractivity contribution is 6.55. The second kappa shape index (κ2) is 4.51. The summed E-state index contributed by atoms with van der Waals surface area (Å²) in [6.45, 7) is 3.79. The zero-order valence-corrected chi connectivity index (χ0v) is 10.1. The summed E-state index contributed by atoms with van der Waals surface area (Å²) >= 11 is 5.82. The summed E-state index contributed by atoms with van der Waals surface area (Å²) in [6.07, 6.45) is 0. The van der Waals surface area contributed by atoms with Gasteiger partial charge in [-0.1, -0.05) is 18.2 Å². The minimum atomic E-state index is -0.813. The van der Waals surface area contributed by atoms with E-state index in [1.807, 2.05) is 0 Å². The number of rotatable bonds is 3. The summed E-state index contributed by atoms with van der Waals surface area (Å²) in [4.78, 5) is 24.6. The number of carbonyl (C=O) groups is 2. The van der Waals surface area contributed by atoms with E-state index in [1.165, 1.54) is 6.07 Å². The van der Waals surface area contributed by atoms with Gasteiger partial charge < -0.3 is 5.73 Å². The normalized spacial score (nSPS) is 14.1. The molecule has 0 saturated heterocycles. The molecule has 1 aromatic rings. The number of halogens is 2. The molecule has 4 nitrogen and oxygen atoms in total. The first-order valence-corrected chi connectivity index (χ1v) is 5.56. The first-order valence-electron chi connectivity index (χ1n) is 5.18. The van der Waals surface area contributed by atoms with Crippen LogP contribution in [0.1, 0.15) is 10.4 Å². The summed E-state index contributed by atoms with van der Waals surface area (Å²) in [7, 11) is 0. The average molecular weight is 269 g/mol. The maximum atomic E-state index is 13.8. The number of nitrogens with zero attached hydrogens (tertiary/aromatic N) is 1. The smallest absolute Gasteiger partial charge is 0.299 e. The third kappa shape index (κ3) is 1.81. The van der Waals surface area contributed by atoms with Gasteiger partial charge in [0.1, 0.15) is 5.82 Å². The van der Waals surface area contributed by atoms with E-state index < -0.39 is 17.5 Å². The van der Waals surface area contributed by atoms with E-state index in [2.05, 4.69) is 6.58 Å². The van der Waals surface area contributed by atoms with Gasteiger partial charge in [-0.25, -0.2) is 4.39 Å². The quantitative estimate of drug-likeness (QED) is 0.668. The van der Waals surface area contributed by atoms with Crippen molar-refractivity contribution in [2.75, 3.05) is 18.0 Å². The number of hydrogen-bond donors (Lipinski definition) is 1. The molecule has 0 unspecified atom stereocenters. The molecule has 94 valence electrons. The van der Waals surface area contributed by atoms with E-state index in [1.54, 1.807) is 0 Å². The van der Waals surface area contributed by atoms with Crippen LogP contribution in [0.5, 0.6) is 0 Å². The first kappa shape index (κ1) is 12.7. The van der Waals surface area contributed by atoms with Crippen molar-refractivity contribution in [3.63, 3.8) is 0 Å². The zero-order chi connectivity index (χ0) is 13.4. The fraction of sp³-hybridized carbons (Fsp3) is 0.167. The lowest BCUT2D eigenvalue weighted by molar-refractivity contribution is -0.114. The topological polar surface area (TPSA) is 63.4 Å². The number of Topliss-reactive ketones (excluding diaryl/α,β-unsaturated/α-hetero) is 1. The molecule has 0 aliphatic carbocycles. The summed E-state index contributed by atoms with van der Waals surface area (Å²) in [5, 5.41) is 0.0608. The molecule has 0 aromatic heterocycles. The first-order chi connectivity index (χ1) is 8.47. The second-order valence-electron chi connectivity index (χ2n) is 3.93. The molecule has 2 rings (SSSR count). The summed E-state index contributed by atoms with van der Waals surface area (Å²) in [5.74, 6) is -2.29. The van der Waals surface area contributed by atoms with Crippen molar-refractivity contribution in [2.24, 2.45) is 5.73 Å². The summed E-state index contributed by atoms with van der Waals surface area (Å²) in [6, 6.07) is 2.37. The molecule has 0 bridgehead atoms. The molecular weight excluding hydrogens is 259 g/mol. The van der Waals surface area contributed by atoms with Crippen LogP contribution in [0, 0.1) is 5.82 Å². The third-order valence-electron chi connectivity index (χ3n) is 2.68. The van der Waals surface area contributed by atoms with Crippen LogP contribution in [0.25, 0.3) is 0 Å². The molecule has 0 radical (unpaired) electrons. The Hall–Kier alpha value is -1.72. The number of fused-ring (bicyclic) bond motifs is 1. The van der Waals surface area contributed by atoms with Crippen LogP contribution in [0.3, 0.4) is 0 Å². The van der Waals surface area contributed by atoms with Crippen LogP contribution in [0.2, 0.25) is 5.02 Å². The summed E-state index contributed by atoms with van der Waals surface area (Å²) < 4.78 is 13.8. The predicted molar refractivity (Wildman–Crippen MR) is 66.3 cm³/mol. The lowest BCUT2D eigenvalue weighted by Gasteiger charge is -2.17. The molecule has 0 atom stereocenters. The van der Waals surface area contributed by atoms with Crippen molar-refractivity contribution < 1.29 is 14.0 Å². The van der Waals surface area contributed by atoms with E-state index >= 15 is 0 Å². The lowest BCUT2D eigenvalue weighted by Crippen LogP contribution is -2.33. The zero-order valence-electron chi connectivity index (χ0n) is 9.37. The van der Waals surface area contributed by atoms with Gasteiger partial charge in [-0.15, -0.1) is 0 Å². The molecule has 0 spiro atoms. The van der Waals surface area contributed by atoms with Crippen LogP contribution in [-0.2, 0) is 4.79 Å². The number of carbonyl (C=O) groups excluding carboxylic acids is 2. The maximum absolute atomic E-state index is 13.8. The monoisotopic (exact) mass is 268 g/mol. The van der Waals surface area contributed by atoms with E-state index in [-0.39, 0.29) is 29.4 Å². The molecule has 0 fully saturated rings. The molecule has 18 heavy (non-hydrogen) atoms. The number of nitrogens with two attached hydrogens (primary N) is 1. The van der Waals surface area contributed by atoms with Crippen LogP contribution in [0.15, 0.2) is 24.3 Å². The molecule has 6 heteroatoms. The van der Waals surface area contributed by atoms with Crippen molar-refractivity contribution in [3.8, 4) is 0 Å². The minimum Gasteiger partial charge on any atom is -0.327 e. The molecular formula is C12H10ClFN2O2. The van der Waals surface area contributed by atoms with Gasteiger partial charge in [0, 0.05) is 13.1 Å². The second-order valence-corrected chi connectivity index (χ2v) is 4.33. The van der Waals surface area contributed by atoms with Gasteiger partial charge in [0.25, 0.3) is 11.7 Å². The Balaban J connectivity index is 2.55. The molecule has 1 aliphatic heterocycles. The standard InChI is InChI=1S/C12H10ClFN2O2/c1-6(4-15)5-16-10-8(14)3-2-7(13)9(10)11(17)12(16)18/h2-3H,1,4-5,15H2. The molecule has 1 heterocycles. The lowest BCUT2D eigenvalue weighted by atomic mass is 10.1. The fourth-order valence-corrected chi connectivity index (χ4v) is 2.03. The molecule has 2 N–H and O–H groups in total. The highest BCUT2D eigenvalue weighted by Gasteiger charge is 2.39. The Bertz CT molecular complexity index is 571. The van der Waals surface area contributed by atoms with Gasteiger partial charge >= 0.3 is 0 Å². The van der Waals surface area contributed by atoms with Crippen molar-refractivity contribution in [2.45, 2.75) is 0 Å². The third-order valence-corrected chi connectivity index (χ3v) is 3.00. The van der Waals surface area contributed by atoms with E-state index in [4.69, 9.17) is 17.3 Å². The van der Waals surface area contributed by atoms with Gasteiger partial charge in [-0.05, 0) is 17.7 Å². The molecule has 1 amide bonds. The van der Waals surface area contributed by atoms with E-state index in [0.717, 1.165) is 11.0 Å².